The lowest BCUT2D eigenvalue weighted by Crippen LogP contribution is -2.39. The molecule has 0 bridgehead atoms. The molecule has 2 aromatic heterocycles. The third kappa shape index (κ3) is 3.78. The standard InChI is InChI=1S/C21H28N4/c1-20(2,3)14-21(4,5)24-19-18(15-10-6-7-11-16(15)22)23-17-12-8-9-13-25(17)19/h6-13,24H,14,22H2,1-5H3/p+1. The van der Waals surface area contributed by atoms with Gasteiger partial charge in [-0.15, -0.1) is 0 Å². The molecule has 3 rings (SSSR count). The molecule has 3 aromatic rings. The highest BCUT2D eigenvalue weighted by molar-refractivity contribution is 5.81. The van der Waals surface area contributed by atoms with E-state index >= 15 is 0 Å². The maximum Gasteiger partial charge on any atom is 0.267 e. The van der Waals surface area contributed by atoms with E-state index in [9.17, 15) is 0 Å². The van der Waals surface area contributed by atoms with Crippen LogP contribution in [-0.2, 0) is 0 Å². The van der Waals surface area contributed by atoms with Gasteiger partial charge in [-0.1, -0.05) is 39.0 Å². The Morgan fingerprint density at radius 3 is 2.36 bits per heavy atom. The number of hydrogen-bond donors (Lipinski definition) is 3. The monoisotopic (exact) mass is 337 g/mol. The van der Waals surface area contributed by atoms with Crippen LogP contribution < -0.4 is 15.5 Å². The number of nitrogens with one attached hydrogen (secondary N) is 2. The van der Waals surface area contributed by atoms with E-state index in [1.165, 1.54) is 0 Å². The van der Waals surface area contributed by atoms with Crippen molar-refractivity contribution >= 4 is 17.2 Å². The molecule has 2 heterocycles. The number of nitrogen functional groups attached to an aromatic ring is 1. The van der Waals surface area contributed by atoms with Gasteiger partial charge in [-0.25, -0.2) is 4.40 Å². The van der Waals surface area contributed by atoms with Crippen LogP contribution in [0.4, 0.5) is 11.5 Å². The minimum Gasteiger partial charge on any atom is -0.398 e. The predicted octanol–water partition coefficient (Wildman–Crippen LogP) is 4.63. The van der Waals surface area contributed by atoms with Gasteiger partial charge in [0.05, 0.1) is 11.7 Å². The first-order chi connectivity index (χ1) is 11.7. The third-order valence-corrected chi connectivity index (χ3v) is 4.25. The molecule has 0 aliphatic rings. The SMILES string of the molecule is CC(C)(C)CC(C)(C)Nc1c(-c2ccccc2N)[nH]c2cccc[n+]12. The number of nitrogens with zero attached hydrogens (tertiary/aromatic N) is 1. The maximum atomic E-state index is 6.25. The van der Waals surface area contributed by atoms with Crippen molar-refractivity contribution in [3.05, 3.63) is 48.7 Å². The second-order valence-electron chi connectivity index (χ2n) is 8.64. The molecule has 0 unspecified atom stereocenters. The number of nitrogens with two attached hydrogens (primary N) is 1. The fourth-order valence-corrected chi connectivity index (χ4v) is 3.78. The molecule has 0 fully saturated rings. The van der Waals surface area contributed by atoms with Gasteiger partial charge in [0.1, 0.15) is 0 Å². The molecular formula is C21H29N4+. The number of imidazole rings is 1. The lowest BCUT2D eigenvalue weighted by molar-refractivity contribution is -0.494. The van der Waals surface area contributed by atoms with Crippen molar-refractivity contribution < 1.29 is 4.40 Å². The van der Waals surface area contributed by atoms with Crippen molar-refractivity contribution in [2.24, 2.45) is 5.41 Å². The summed E-state index contributed by atoms with van der Waals surface area (Å²) in [4.78, 5) is 3.53. The Balaban J connectivity index is 2.13. The summed E-state index contributed by atoms with van der Waals surface area (Å²) < 4.78 is 2.16. The van der Waals surface area contributed by atoms with E-state index in [2.05, 4.69) is 67.6 Å². The summed E-state index contributed by atoms with van der Waals surface area (Å²) in [5.74, 6) is 1.04. The summed E-state index contributed by atoms with van der Waals surface area (Å²) in [7, 11) is 0. The number of fused-ring (bicyclic) bond motifs is 1. The van der Waals surface area contributed by atoms with Crippen molar-refractivity contribution in [1.82, 2.24) is 4.98 Å². The largest absolute Gasteiger partial charge is 0.398 e. The zero-order valence-electron chi connectivity index (χ0n) is 15.9. The maximum absolute atomic E-state index is 6.25. The average Bonchev–Trinajstić information content (AvgIpc) is 2.83. The number of hydrogen-bond acceptors (Lipinski definition) is 2. The Morgan fingerprint density at radius 1 is 1.00 bits per heavy atom. The van der Waals surface area contributed by atoms with Crippen LogP contribution in [0.25, 0.3) is 16.9 Å². The van der Waals surface area contributed by atoms with Gasteiger partial charge < -0.3 is 5.73 Å². The number of anilines is 2. The molecule has 0 spiro atoms. The summed E-state index contributed by atoms with van der Waals surface area (Å²) in [6.45, 7) is 11.3. The highest BCUT2D eigenvalue weighted by atomic mass is 15.2. The van der Waals surface area contributed by atoms with Gasteiger partial charge in [0.25, 0.3) is 5.82 Å². The van der Waals surface area contributed by atoms with Gasteiger partial charge in [-0.2, -0.15) is 0 Å². The molecular weight excluding hydrogens is 308 g/mol. The second kappa shape index (κ2) is 6.10. The minimum atomic E-state index is -0.0610. The van der Waals surface area contributed by atoms with Crippen LogP contribution in [0.3, 0.4) is 0 Å². The molecule has 0 atom stereocenters. The van der Waals surface area contributed by atoms with Crippen LogP contribution >= 0.6 is 0 Å². The Bertz CT molecular complexity index is 884. The van der Waals surface area contributed by atoms with E-state index in [0.29, 0.717) is 0 Å². The van der Waals surface area contributed by atoms with Gasteiger partial charge in [0, 0.05) is 17.3 Å². The number of rotatable bonds is 4. The van der Waals surface area contributed by atoms with Gasteiger partial charge >= 0.3 is 0 Å². The predicted molar refractivity (Wildman–Crippen MR) is 106 cm³/mol. The lowest BCUT2D eigenvalue weighted by Gasteiger charge is -2.31. The minimum absolute atomic E-state index is 0.0610. The molecule has 1 aromatic carbocycles. The molecule has 25 heavy (non-hydrogen) atoms. The molecule has 0 radical (unpaired) electrons. The topological polar surface area (TPSA) is 57.9 Å². The molecule has 132 valence electrons. The highest BCUT2D eigenvalue weighted by Gasteiger charge is 2.32. The lowest BCUT2D eigenvalue weighted by atomic mass is 9.82. The third-order valence-electron chi connectivity index (χ3n) is 4.25. The van der Waals surface area contributed by atoms with Crippen LogP contribution in [0.2, 0.25) is 0 Å². The smallest absolute Gasteiger partial charge is 0.267 e. The number of para-hydroxylation sites is 1. The summed E-state index contributed by atoms with van der Waals surface area (Å²) in [5.41, 5.74) is 10.3. The number of benzene rings is 1. The van der Waals surface area contributed by atoms with Crippen LogP contribution in [0.15, 0.2) is 48.7 Å². The molecule has 0 aliphatic heterocycles. The van der Waals surface area contributed by atoms with Crippen molar-refractivity contribution in [2.45, 2.75) is 46.6 Å². The van der Waals surface area contributed by atoms with E-state index in [-0.39, 0.29) is 11.0 Å². The van der Waals surface area contributed by atoms with Crippen molar-refractivity contribution in [3.8, 4) is 11.3 Å². The highest BCUT2D eigenvalue weighted by Crippen LogP contribution is 2.34. The Hall–Kier alpha value is -2.49. The second-order valence-corrected chi connectivity index (χ2v) is 8.64. The zero-order valence-corrected chi connectivity index (χ0v) is 15.9. The fraction of sp³-hybridized carbons (Fsp3) is 0.381. The van der Waals surface area contributed by atoms with E-state index in [1.54, 1.807) is 0 Å². The van der Waals surface area contributed by atoms with Crippen LogP contribution in [0, 0.1) is 5.41 Å². The molecule has 4 heteroatoms. The van der Waals surface area contributed by atoms with Crippen LogP contribution in [0.5, 0.6) is 0 Å². The molecule has 4 nitrogen and oxygen atoms in total. The molecule has 4 N–H and O–H groups in total. The van der Waals surface area contributed by atoms with Gasteiger partial charge in [-0.05, 0) is 43.9 Å². The first kappa shape index (κ1) is 17.3. The number of aromatic amines is 1. The number of H-pyrrole nitrogens is 1. The number of pyridine rings is 1. The van der Waals surface area contributed by atoms with Gasteiger partial charge in [0.2, 0.25) is 5.65 Å². The molecule has 0 amide bonds. The molecule has 0 aliphatic carbocycles. The van der Waals surface area contributed by atoms with Crippen LogP contribution in [-0.4, -0.2) is 10.5 Å². The van der Waals surface area contributed by atoms with E-state index in [0.717, 1.165) is 34.8 Å². The fourth-order valence-electron chi connectivity index (χ4n) is 3.78. The Morgan fingerprint density at radius 2 is 1.68 bits per heavy atom. The van der Waals surface area contributed by atoms with Crippen LogP contribution in [0.1, 0.15) is 41.0 Å². The van der Waals surface area contributed by atoms with Crippen molar-refractivity contribution in [1.29, 1.82) is 0 Å². The first-order valence-electron chi connectivity index (χ1n) is 8.82. The van der Waals surface area contributed by atoms with E-state index < -0.39 is 0 Å². The van der Waals surface area contributed by atoms with Crippen molar-refractivity contribution in [3.63, 3.8) is 0 Å². The number of aromatic nitrogens is 2. The average molecular weight is 337 g/mol. The van der Waals surface area contributed by atoms with Crippen molar-refractivity contribution in [2.75, 3.05) is 11.1 Å². The summed E-state index contributed by atoms with van der Waals surface area (Å²) in [6.07, 6.45) is 3.12. The normalized spacial score (nSPS) is 12.5. The molecule has 0 saturated carbocycles. The summed E-state index contributed by atoms with van der Waals surface area (Å²) in [5, 5.41) is 3.77. The van der Waals surface area contributed by atoms with Gasteiger partial charge in [0.15, 0.2) is 5.69 Å². The van der Waals surface area contributed by atoms with Gasteiger partial charge in [-0.3, -0.25) is 10.3 Å². The summed E-state index contributed by atoms with van der Waals surface area (Å²) in [6, 6.07) is 14.1. The quantitative estimate of drug-likeness (QED) is 0.480. The summed E-state index contributed by atoms with van der Waals surface area (Å²) >= 11 is 0. The van der Waals surface area contributed by atoms with E-state index in [1.807, 2.05) is 30.3 Å². The Labute approximate surface area is 150 Å². The Kier molecular flexibility index (Phi) is 4.23. The zero-order chi connectivity index (χ0) is 18.2. The molecule has 0 saturated heterocycles. The van der Waals surface area contributed by atoms with E-state index in [4.69, 9.17) is 5.73 Å². The first-order valence-corrected chi connectivity index (χ1v) is 8.82.